The molecule has 2 N–H and O–H groups in total. The minimum absolute atomic E-state index is 0.0279. The lowest BCUT2D eigenvalue weighted by Crippen LogP contribution is -2.10. The van der Waals surface area contributed by atoms with Crippen molar-refractivity contribution in [3.63, 3.8) is 0 Å². The van der Waals surface area contributed by atoms with Gasteiger partial charge in [-0.15, -0.1) is 0 Å². The van der Waals surface area contributed by atoms with E-state index in [1.165, 1.54) is 5.39 Å². The number of hydrogen-bond acceptors (Lipinski definition) is 4. The molecule has 3 rings (SSSR count). The number of ether oxygens (including phenoxy) is 1. The molecule has 0 spiro atoms. The van der Waals surface area contributed by atoms with Gasteiger partial charge in [-0.2, -0.15) is 0 Å². The number of carboxylic acids is 1. The maximum absolute atomic E-state index is 11.5. The Bertz CT molecular complexity index is 1130. The summed E-state index contributed by atoms with van der Waals surface area (Å²) in [5.41, 5.74) is 2.23. The van der Waals surface area contributed by atoms with Crippen LogP contribution in [0.1, 0.15) is 17.5 Å². The molecule has 3 aromatic rings. The standard InChI is InChI=1S/C22H23NO5S/c1-29(26,27)23-20-10-8-18(9-11-22(24)25)21(15-20)28-13-12-16-6-7-17-4-2-3-5-19(17)14-16/h2-8,10,14-15,23H,9,11-13H2,1H3,(H,24,25). The van der Waals surface area contributed by atoms with Crippen molar-refractivity contribution in [2.45, 2.75) is 19.3 Å². The maximum atomic E-state index is 11.5. The van der Waals surface area contributed by atoms with E-state index in [2.05, 4.69) is 35.1 Å². The molecule has 0 fully saturated rings. The molecule has 0 heterocycles. The van der Waals surface area contributed by atoms with E-state index < -0.39 is 16.0 Å². The van der Waals surface area contributed by atoms with Crippen LogP contribution in [0.2, 0.25) is 0 Å². The molecular weight excluding hydrogens is 390 g/mol. The van der Waals surface area contributed by atoms with Crippen molar-refractivity contribution >= 4 is 32.5 Å². The van der Waals surface area contributed by atoms with Crippen LogP contribution < -0.4 is 9.46 Å². The molecule has 29 heavy (non-hydrogen) atoms. The fourth-order valence-electron chi connectivity index (χ4n) is 3.09. The normalized spacial score (nSPS) is 11.3. The third kappa shape index (κ3) is 6.22. The van der Waals surface area contributed by atoms with E-state index in [0.717, 1.165) is 22.8 Å². The lowest BCUT2D eigenvalue weighted by Gasteiger charge is -2.14. The number of fused-ring (bicyclic) bond motifs is 1. The van der Waals surface area contributed by atoms with Crippen LogP contribution in [0.15, 0.2) is 60.7 Å². The third-order valence-corrected chi connectivity index (χ3v) is 5.05. The molecule has 0 aliphatic carbocycles. The number of benzene rings is 3. The molecule has 0 saturated carbocycles. The Morgan fingerprint density at radius 1 is 1.00 bits per heavy atom. The van der Waals surface area contributed by atoms with E-state index in [0.29, 0.717) is 30.9 Å². The van der Waals surface area contributed by atoms with Crippen molar-refractivity contribution in [3.05, 3.63) is 71.8 Å². The zero-order chi connectivity index (χ0) is 20.9. The van der Waals surface area contributed by atoms with E-state index in [1.807, 2.05) is 12.1 Å². The second-order valence-electron chi connectivity index (χ2n) is 6.87. The summed E-state index contributed by atoms with van der Waals surface area (Å²) in [4.78, 5) is 10.9. The first-order chi connectivity index (χ1) is 13.8. The van der Waals surface area contributed by atoms with Crippen LogP contribution in [0.3, 0.4) is 0 Å². The summed E-state index contributed by atoms with van der Waals surface area (Å²) in [6, 6.07) is 19.3. The number of rotatable bonds is 9. The molecule has 0 amide bonds. The molecule has 0 unspecified atom stereocenters. The van der Waals surface area contributed by atoms with Gasteiger partial charge in [-0.25, -0.2) is 8.42 Å². The molecule has 0 saturated heterocycles. The number of aryl methyl sites for hydroxylation is 1. The summed E-state index contributed by atoms with van der Waals surface area (Å²) in [7, 11) is -3.42. The Morgan fingerprint density at radius 2 is 1.76 bits per heavy atom. The molecule has 0 atom stereocenters. The van der Waals surface area contributed by atoms with Gasteiger partial charge >= 0.3 is 5.97 Å². The molecule has 6 nitrogen and oxygen atoms in total. The zero-order valence-electron chi connectivity index (χ0n) is 16.1. The minimum atomic E-state index is -3.42. The van der Waals surface area contributed by atoms with Crippen molar-refractivity contribution in [1.82, 2.24) is 0 Å². The summed E-state index contributed by atoms with van der Waals surface area (Å²) >= 11 is 0. The van der Waals surface area contributed by atoms with Gasteiger partial charge in [-0.1, -0.05) is 48.5 Å². The highest BCUT2D eigenvalue weighted by atomic mass is 32.2. The van der Waals surface area contributed by atoms with Crippen LogP contribution in [0, 0.1) is 0 Å². The van der Waals surface area contributed by atoms with Gasteiger partial charge in [0.05, 0.1) is 18.6 Å². The van der Waals surface area contributed by atoms with Gasteiger partial charge in [0, 0.05) is 18.9 Å². The lowest BCUT2D eigenvalue weighted by molar-refractivity contribution is -0.136. The summed E-state index contributed by atoms with van der Waals surface area (Å²) in [5, 5.41) is 11.3. The highest BCUT2D eigenvalue weighted by molar-refractivity contribution is 7.92. The van der Waals surface area contributed by atoms with Gasteiger partial charge in [0.25, 0.3) is 0 Å². The molecular formula is C22H23NO5S. The number of carbonyl (C=O) groups is 1. The summed E-state index contributed by atoms with van der Waals surface area (Å²) in [5.74, 6) is -0.411. The molecule has 0 aliphatic heterocycles. The lowest BCUT2D eigenvalue weighted by atomic mass is 10.1. The molecule has 0 aromatic heterocycles. The summed E-state index contributed by atoms with van der Waals surface area (Å²) in [6.07, 6.45) is 2.03. The predicted octanol–water partition coefficient (Wildman–Crippen LogP) is 3.85. The van der Waals surface area contributed by atoms with E-state index in [4.69, 9.17) is 9.84 Å². The number of sulfonamides is 1. The SMILES string of the molecule is CS(=O)(=O)Nc1ccc(CCC(=O)O)c(OCCc2ccc3ccccc3c2)c1. The first kappa shape index (κ1) is 20.7. The van der Waals surface area contributed by atoms with Crippen LogP contribution in [0.25, 0.3) is 10.8 Å². The van der Waals surface area contributed by atoms with Crippen LogP contribution in [0.5, 0.6) is 5.75 Å². The van der Waals surface area contributed by atoms with Crippen molar-refractivity contribution in [1.29, 1.82) is 0 Å². The number of anilines is 1. The second kappa shape index (κ2) is 8.96. The van der Waals surface area contributed by atoms with E-state index in [1.54, 1.807) is 18.2 Å². The predicted molar refractivity (Wildman–Crippen MR) is 114 cm³/mol. The van der Waals surface area contributed by atoms with Gasteiger partial charge in [0.2, 0.25) is 10.0 Å². The topological polar surface area (TPSA) is 92.7 Å². The van der Waals surface area contributed by atoms with E-state index >= 15 is 0 Å². The largest absolute Gasteiger partial charge is 0.493 e. The maximum Gasteiger partial charge on any atom is 0.303 e. The molecule has 0 radical (unpaired) electrons. The first-order valence-electron chi connectivity index (χ1n) is 9.23. The minimum Gasteiger partial charge on any atom is -0.493 e. The van der Waals surface area contributed by atoms with Gasteiger partial charge in [0.1, 0.15) is 5.75 Å². The van der Waals surface area contributed by atoms with E-state index in [-0.39, 0.29) is 6.42 Å². The summed E-state index contributed by atoms with van der Waals surface area (Å²) < 4.78 is 31.3. The summed E-state index contributed by atoms with van der Waals surface area (Å²) in [6.45, 7) is 0.390. The molecule has 0 aliphatic rings. The Kier molecular flexibility index (Phi) is 6.39. The Morgan fingerprint density at radius 3 is 2.48 bits per heavy atom. The van der Waals surface area contributed by atoms with Crippen LogP contribution in [-0.4, -0.2) is 32.4 Å². The number of nitrogens with one attached hydrogen (secondary N) is 1. The van der Waals surface area contributed by atoms with Crippen LogP contribution >= 0.6 is 0 Å². The number of carboxylic acid groups (broad SMARTS) is 1. The Labute approximate surface area is 170 Å². The highest BCUT2D eigenvalue weighted by Crippen LogP contribution is 2.26. The first-order valence-corrected chi connectivity index (χ1v) is 11.1. The van der Waals surface area contributed by atoms with Gasteiger partial charge in [-0.3, -0.25) is 9.52 Å². The molecule has 7 heteroatoms. The van der Waals surface area contributed by atoms with Crippen molar-refractivity contribution in [2.24, 2.45) is 0 Å². The quantitative estimate of drug-likeness (QED) is 0.556. The number of aliphatic carboxylic acids is 1. The third-order valence-electron chi connectivity index (χ3n) is 4.44. The smallest absolute Gasteiger partial charge is 0.303 e. The van der Waals surface area contributed by atoms with Gasteiger partial charge in [0.15, 0.2) is 0 Å². The van der Waals surface area contributed by atoms with Crippen molar-refractivity contribution < 1.29 is 23.1 Å². The fourth-order valence-corrected chi connectivity index (χ4v) is 3.64. The molecule has 3 aromatic carbocycles. The monoisotopic (exact) mass is 413 g/mol. The van der Waals surface area contributed by atoms with Crippen molar-refractivity contribution in [2.75, 3.05) is 17.6 Å². The van der Waals surface area contributed by atoms with Gasteiger partial charge < -0.3 is 9.84 Å². The Hall–Kier alpha value is -3.06. The van der Waals surface area contributed by atoms with Crippen molar-refractivity contribution in [3.8, 4) is 5.75 Å². The van der Waals surface area contributed by atoms with Gasteiger partial charge in [-0.05, 0) is 34.4 Å². The molecule has 0 bridgehead atoms. The molecule has 152 valence electrons. The average molecular weight is 413 g/mol. The zero-order valence-corrected chi connectivity index (χ0v) is 16.9. The fraction of sp³-hybridized carbons (Fsp3) is 0.227. The highest BCUT2D eigenvalue weighted by Gasteiger charge is 2.10. The van der Waals surface area contributed by atoms with E-state index in [9.17, 15) is 13.2 Å². The van der Waals surface area contributed by atoms with Crippen LogP contribution in [0.4, 0.5) is 5.69 Å². The van der Waals surface area contributed by atoms with Crippen LogP contribution in [-0.2, 0) is 27.7 Å². The number of hydrogen-bond donors (Lipinski definition) is 2. The second-order valence-corrected chi connectivity index (χ2v) is 8.62. The average Bonchev–Trinajstić information content (AvgIpc) is 2.66. The Balaban J connectivity index is 1.73.